The van der Waals surface area contributed by atoms with Gasteiger partial charge in [0.15, 0.2) is 0 Å². The van der Waals surface area contributed by atoms with E-state index in [4.69, 9.17) is 0 Å². The Hall–Kier alpha value is -0.790. The summed E-state index contributed by atoms with van der Waals surface area (Å²) in [6.45, 7) is 9.39. The van der Waals surface area contributed by atoms with Gasteiger partial charge in [0.25, 0.3) is 5.82 Å². The van der Waals surface area contributed by atoms with Crippen LogP contribution < -0.4 is 4.57 Å². The lowest BCUT2D eigenvalue weighted by molar-refractivity contribution is -0.704. The summed E-state index contributed by atoms with van der Waals surface area (Å²) in [5, 5.41) is 0. The molecule has 1 aromatic heterocycles. The van der Waals surface area contributed by atoms with E-state index in [1.807, 2.05) is 0 Å². The summed E-state index contributed by atoms with van der Waals surface area (Å²) in [6, 6.07) is 0. The van der Waals surface area contributed by atoms with Crippen molar-refractivity contribution in [3.63, 3.8) is 0 Å². The molecule has 0 fully saturated rings. The van der Waals surface area contributed by atoms with Gasteiger partial charge in [-0.05, 0) is 32.1 Å². The highest BCUT2D eigenvalue weighted by Crippen LogP contribution is 2.15. The number of nitrogens with zero attached hydrogens (tertiary/aromatic N) is 2. The van der Waals surface area contributed by atoms with Crippen molar-refractivity contribution < 1.29 is 4.57 Å². The van der Waals surface area contributed by atoms with Gasteiger partial charge in [0.05, 0.1) is 13.1 Å². The quantitative estimate of drug-likeness (QED) is 0.0613. The normalized spacial score (nSPS) is 11.6. The van der Waals surface area contributed by atoms with Gasteiger partial charge >= 0.3 is 0 Å². The summed E-state index contributed by atoms with van der Waals surface area (Å²) in [5.41, 5.74) is 0. The second kappa shape index (κ2) is 29.7. The fourth-order valence-corrected chi connectivity index (χ4v) is 6.33. The molecule has 2 heteroatoms. The summed E-state index contributed by atoms with van der Waals surface area (Å²) in [4.78, 5) is 0. The Balaban J connectivity index is 2.20. The highest BCUT2D eigenvalue weighted by molar-refractivity contribution is 4.84. The molecule has 0 radical (unpaired) electrons. The van der Waals surface area contributed by atoms with Crippen molar-refractivity contribution >= 4 is 0 Å². The molecule has 0 aliphatic rings. The molecular weight excluding hydrogens is 484 g/mol. The maximum atomic E-state index is 2.62. The van der Waals surface area contributed by atoms with E-state index >= 15 is 0 Å². The van der Waals surface area contributed by atoms with E-state index in [-0.39, 0.29) is 0 Å². The molecule has 0 spiro atoms. The third-order valence-electron chi connectivity index (χ3n) is 9.10. The lowest BCUT2D eigenvalue weighted by Crippen LogP contribution is -2.37. The molecule has 40 heavy (non-hydrogen) atoms. The first-order chi connectivity index (χ1) is 19.8. The van der Waals surface area contributed by atoms with Crippen LogP contribution in [0.25, 0.3) is 0 Å². The summed E-state index contributed by atoms with van der Waals surface area (Å²) in [5.74, 6) is 1.62. The van der Waals surface area contributed by atoms with Crippen LogP contribution in [0.5, 0.6) is 0 Å². The molecule has 0 saturated heterocycles. The lowest BCUT2D eigenvalue weighted by atomic mass is 10.0. The van der Waals surface area contributed by atoms with Crippen molar-refractivity contribution in [1.82, 2.24) is 4.57 Å². The van der Waals surface area contributed by atoms with E-state index in [2.05, 4.69) is 42.3 Å². The molecule has 236 valence electrons. The zero-order valence-corrected chi connectivity index (χ0v) is 28.2. The molecular formula is C38H75N2+. The molecule has 0 aromatic carbocycles. The standard InChI is InChI=1S/C38H75N2/c1-4-7-10-13-16-17-18-19-20-21-22-23-24-25-27-30-33-38-39(34-31-28-15-12-9-6-3)36-37-40(38)35-32-29-26-14-11-8-5-2/h36-37H,4-35H2,1-3H3/q+1. The van der Waals surface area contributed by atoms with Crippen molar-refractivity contribution in [2.75, 3.05) is 0 Å². The average molecular weight is 560 g/mol. The number of aromatic nitrogens is 2. The van der Waals surface area contributed by atoms with Gasteiger partial charge < -0.3 is 0 Å². The van der Waals surface area contributed by atoms with Crippen molar-refractivity contribution in [3.05, 3.63) is 18.2 Å². The number of aryl methyl sites for hydroxylation is 2. The van der Waals surface area contributed by atoms with Gasteiger partial charge in [0.1, 0.15) is 12.4 Å². The van der Waals surface area contributed by atoms with Crippen LogP contribution >= 0.6 is 0 Å². The minimum absolute atomic E-state index is 1.23. The number of rotatable bonds is 32. The minimum Gasteiger partial charge on any atom is -0.234 e. The smallest absolute Gasteiger partial charge is 0.234 e. The summed E-state index contributed by atoms with van der Waals surface area (Å²) >= 11 is 0. The molecule has 0 unspecified atom stereocenters. The Morgan fingerprint density at radius 2 is 0.775 bits per heavy atom. The van der Waals surface area contributed by atoms with E-state index in [0.29, 0.717) is 0 Å². The minimum atomic E-state index is 1.23. The molecule has 0 aliphatic heterocycles. The van der Waals surface area contributed by atoms with Gasteiger partial charge in [-0.3, -0.25) is 0 Å². The van der Waals surface area contributed by atoms with Gasteiger partial charge in [0, 0.05) is 6.42 Å². The predicted molar refractivity (Wildman–Crippen MR) is 179 cm³/mol. The summed E-state index contributed by atoms with van der Waals surface area (Å²) < 4.78 is 5.24. The first-order valence-electron chi connectivity index (χ1n) is 18.9. The second-order valence-electron chi connectivity index (χ2n) is 13.0. The molecule has 0 amide bonds. The van der Waals surface area contributed by atoms with E-state index < -0.39 is 0 Å². The fraction of sp³-hybridized carbons (Fsp3) is 0.921. The highest BCUT2D eigenvalue weighted by Gasteiger charge is 2.16. The Morgan fingerprint density at radius 3 is 1.20 bits per heavy atom. The van der Waals surface area contributed by atoms with E-state index in [1.54, 1.807) is 5.82 Å². The summed E-state index contributed by atoms with van der Waals surface area (Å²) in [7, 11) is 0. The van der Waals surface area contributed by atoms with E-state index in [0.717, 1.165) is 0 Å². The van der Waals surface area contributed by atoms with Gasteiger partial charge in [-0.15, -0.1) is 0 Å². The molecule has 0 bridgehead atoms. The number of hydrogen-bond acceptors (Lipinski definition) is 0. The Labute approximate surface area is 253 Å². The molecule has 1 rings (SSSR count). The fourth-order valence-electron chi connectivity index (χ4n) is 6.33. The molecule has 0 atom stereocenters. The Bertz CT molecular complexity index is 619. The van der Waals surface area contributed by atoms with Crippen LogP contribution in [0.2, 0.25) is 0 Å². The average Bonchev–Trinajstić information content (AvgIpc) is 3.35. The highest BCUT2D eigenvalue weighted by atomic mass is 15.1. The molecule has 1 aromatic rings. The van der Waals surface area contributed by atoms with E-state index in [9.17, 15) is 0 Å². The van der Waals surface area contributed by atoms with Crippen LogP contribution in [0.4, 0.5) is 0 Å². The van der Waals surface area contributed by atoms with Crippen LogP contribution in [0.1, 0.15) is 213 Å². The van der Waals surface area contributed by atoms with Crippen LogP contribution in [0, 0.1) is 0 Å². The Morgan fingerprint density at radius 1 is 0.425 bits per heavy atom. The molecule has 0 N–H and O–H groups in total. The van der Waals surface area contributed by atoms with Crippen LogP contribution in [-0.2, 0) is 19.5 Å². The van der Waals surface area contributed by atoms with Crippen molar-refractivity contribution in [2.45, 2.75) is 226 Å². The first kappa shape index (κ1) is 37.2. The van der Waals surface area contributed by atoms with Crippen LogP contribution in [-0.4, -0.2) is 4.57 Å². The number of hydrogen-bond donors (Lipinski definition) is 0. The van der Waals surface area contributed by atoms with Gasteiger partial charge in [-0.1, -0.05) is 175 Å². The van der Waals surface area contributed by atoms with Gasteiger partial charge in [0.2, 0.25) is 0 Å². The lowest BCUT2D eigenvalue weighted by Gasteiger charge is -2.07. The second-order valence-corrected chi connectivity index (χ2v) is 13.0. The van der Waals surface area contributed by atoms with Crippen molar-refractivity contribution in [1.29, 1.82) is 0 Å². The van der Waals surface area contributed by atoms with Crippen LogP contribution in [0.3, 0.4) is 0 Å². The van der Waals surface area contributed by atoms with Gasteiger partial charge in [-0.25, -0.2) is 9.13 Å². The first-order valence-corrected chi connectivity index (χ1v) is 18.9. The van der Waals surface area contributed by atoms with E-state index in [1.165, 1.54) is 206 Å². The van der Waals surface area contributed by atoms with Crippen LogP contribution in [0.15, 0.2) is 12.4 Å². The molecule has 2 nitrogen and oxygen atoms in total. The third kappa shape index (κ3) is 21.9. The Kier molecular flexibility index (Phi) is 27.6. The zero-order chi connectivity index (χ0) is 28.8. The number of unbranched alkanes of at least 4 members (excludes halogenated alkanes) is 26. The maximum absolute atomic E-state index is 2.62. The van der Waals surface area contributed by atoms with Crippen molar-refractivity contribution in [3.8, 4) is 0 Å². The largest absolute Gasteiger partial charge is 0.256 e. The summed E-state index contributed by atoms with van der Waals surface area (Å²) in [6.07, 6.45) is 47.4. The maximum Gasteiger partial charge on any atom is 0.256 e. The van der Waals surface area contributed by atoms with Gasteiger partial charge in [-0.2, -0.15) is 0 Å². The number of imidazole rings is 1. The topological polar surface area (TPSA) is 8.81 Å². The third-order valence-corrected chi connectivity index (χ3v) is 9.10. The van der Waals surface area contributed by atoms with Crippen molar-refractivity contribution in [2.24, 2.45) is 0 Å². The zero-order valence-electron chi connectivity index (χ0n) is 28.2. The molecule has 0 saturated carbocycles. The predicted octanol–water partition coefficient (Wildman–Crippen LogP) is 12.7. The monoisotopic (exact) mass is 560 g/mol. The molecule has 0 aliphatic carbocycles. The molecule has 1 heterocycles. The SMILES string of the molecule is CCCCCCCCCCCCCCCCCCc1n(CCCCCCCC)cc[n+]1CCCCCCCCC.